The Labute approximate surface area is 209 Å². The molecule has 0 bridgehead atoms. The van der Waals surface area contributed by atoms with Crippen molar-refractivity contribution in [2.45, 2.75) is 46.5 Å². The Kier molecular flexibility index (Phi) is 12.4. The van der Waals surface area contributed by atoms with E-state index < -0.39 is 0 Å². The minimum absolute atomic E-state index is 0. The van der Waals surface area contributed by atoms with Crippen LogP contribution in [0.5, 0.6) is 0 Å². The van der Waals surface area contributed by atoms with Crippen molar-refractivity contribution in [3.05, 3.63) is 95.8 Å². The average molecular weight is 490 g/mol. The SMILES string of the molecule is C=[C-]c1ccc2ccc3ccc(C(C)C)nc3c2n1.Cc1[c-]c(C(C)C)ccc1.Cl.N.[Fe+2]. The van der Waals surface area contributed by atoms with Crippen LogP contribution < -0.4 is 6.15 Å². The van der Waals surface area contributed by atoms with Crippen molar-refractivity contribution >= 4 is 34.2 Å². The van der Waals surface area contributed by atoms with Gasteiger partial charge in [0, 0.05) is 11.1 Å². The van der Waals surface area contributed by atoms with Gasteiger partial charge in [-0.15, -0.1) is 24.2 Å². The van der Waals surface area contributed by atoms with Crippen molar-refractivity contribution < 1.29 is 17.1 Å². The maximum Gasteiger partial charge on any atom is 2.00 e. The van der Waals surface area contributed by atoms with Crippen molar-refractivity contribution in [2.24, 2.45) is 0 Å². The Hall–Kier alpha value is -2.23. The van der Waals surface area contributed by atoms with Crippen LogP contribution >= 0.6 is 12.4 Å². The molecule has 0 spiro atoms. The van der Waals surface area contributed by atoms with Gasteiger partial charge in [-0.05, 0) is 23.3 Å². The molecule has 4 aromatic rings. The first-order valence-electron chi connectivity index (χ1n) is 10.1. The summed E-state index contributed by atoms with van der Waals surface area (Å²) in [4.78, 5) is 9.35. The van der Waals surface area contributed by atoms with E-state index >= 15 is 0 Å². The molecule has 2 heterocycles. The van der Waals surface area contributed by atoms with Gasteiger partial charge in [-0.2, -0.15) is 48.0 Å². The topological polar surface area (TPSA) is 60.8 Å². The Morgan fingerprint density at radius 1 is 0.812 bits per heavy atom. The standard InChI is InChI=1S/C17H15N2.C10H13.ClH.Fe.H3N/c1-4-14-9-7-12-5-6-13-8-10-15(11(2)3)19-17(13)16(12)18-14;1-8(2)10-6-4-5-9(3)7-10;;;/h5-11H,1H2,2-3H3;4-6,8H,1-3H3;1H;;1H3/q2*-1;;+2;. The summed E-state index contributed by atoms with van der Waals surface area (Å²) < 4.78 is 0. The molecule has 32 heavy (non-hydrogen) atoms. The van der Waals surface area contributed by atoms with Gasteiger partial charge in [0.05, 0.1) is 11.0 Å². The van der Waals surface area contributed by atoms with Gasteiger partial charge in [-0.3, -0.25) is 9.97 Å². The van der Waals surface area contributed by atoms with Crippen LogP contribution in [0.1, 0.15) is 62.0 Å². The van der Waals surface area contributed by atoms with Gasteiger partial charge in [0.1, 0.15) is 0 Å². The summed E-state index contributed by atoms with van der Waals surface area (Å²) in [6, 6.07) is 21.9. The minimum atomic E-state index is 0. The second-order valence-electron chi connectivity index (χ2n) is 7.92. The third kappa shape index (κ3) is 7.15. The molecule has 0 aliphatic rings. The van der Waals surface area contributed by atoms with Crippen molar-refractivity contribution in [3.8, 4) is 0 Å². The van der Waals surface area contributed by atoms with Crippen LogP contribution in [0.25, 0.3) is 21.8 Å². The third-order valence-corrected chi connectivity index (χ3v) is 4.90. The van der Waals surface area contributed by atoms with Crippen molar-refractivity contribution in [2.75, 3.05) is 0 Å². The summed E-state index contributed by atoms with van der Waals surface area (Å²) >= 11 is 0. The van der Waals surface area contributed by atoms with Gasteiger partial charge >= 0.3 is 17.1 Å². The molecule has 0 fully saturated rings. The van der Waals surface area contributed by atoms with E-state index in [1.807, 2.05) is 12.1 Å². The zero-order valence-corrected chi connectivity index (χ0v) is 21.3. The van der Waals surface area contributed by atoms with Gasteiger partial charge in [-0.25, -0.2) is 6.08 Å². The minimum Gasteiger partial charge on any atom is -0.344 e. The summed E-state index contributed by atoms with van der Waals surface area (Å²) in [5.41, 5.74) is 6.27. The molecule has 2 aromatic carbocycles. The number of rotatable bonds is 3. The van der Waals surface area contributed by atoms with Crippen LogP contribution in [-0.2, 0) is 17.1 Å². The van der Waals surface area contributed by atoms with E-state index in [0.29, 0.717) is 11.8 Å². The number of halogens is 1. The van der Waals surface area contributed by atoms with Crippen LogP contribution in [0.3, 0.4) is 0 Å². The van der Waals surface area contributed by atoms with Crippen LogP contribution in [0.4, 0.5) is 0 Å². The molecule has 2 aromatic heterocycles. The number of aryl methyl sites for hydroxylation is 1. The van der Waals surface area contributed by atoms with E-state index in [1.165, 1.54) is 11.1 Å². The molecule has 3 nitrogen and oxygen atoms in total. The van der Waals surface area contributed by atoms with E-state index in [1.54, 1.807) is 0 Å². The third-order valence-electron chi connectivity index (χ3n) is 4.90. The predicted octanol–water partition coefficient (Wildman–Crippen LogP) is 7.74. The van der Waals surface area contributed by atoms with Gasteiger partial charge in [-0.1, -0.05) is 52.8 Å². The fraction of sp³-hybridized carbons (Fsp3) is 0.259. The normalized spacial score (nSPS) is 9.97. The van der Waals surface area contributed by atoms with Gasteiger partial charge in [0.25, 0.3) is 0 Å². The molecule has 0 saturated heterocycles. The summed E-state index contributed by atoms with van der Waals surface area (Å²) in [6.07, 6.45) is 2.83. The Morgan fingerprint density at radius 3 is 1.88 bits per heavy atom. The Morgan fingerprint density at radius 2 is 1.38 bits per heavy atom. The first kappa shape index (κ1) is 29.8. The maximum atomic E-state index is 4.77. The average Bonchev–Trinajstić information content (AvgIpc) is 2.73. The summed E-state index contributed by atoms with van der Waals surface area (Å²) in [7, 11) is 0. The molecule has 0 amide bonds. The van der Waals surface area contributed by atoms with E-state index in [4.69, 9.17) is 4.98 Å². The van der Waals surface area contributed by atoms with Crippen molar-refractivity contribution in [1.29, 1.82) is 0 Å². The molecule has 5 heteroatoms. The molecule has 0 radical (unpaired) electrons. The Balaban J connectivity index is 0.000000642. The number of hydrogen-bond donors (Lipinski definition) is 1. The number of nitrogens with zero attached hydrogens (tertiary/aromatic N) is 2. The van der Waals surface area contributed by atoms with Gasteiger partial charge in [0.15, 0.2) is 0 Å². The molecular formula is C27H32ClFeN3. The molecular weight excluding hydrogens is 458 g/mol. The van der Waals surface area contributed by atoms with Gasteiger partial charge in [0.2, 0.25) is 0 Å². The van der Waals surface area contributed by atoms with E-state index in [0.717, 1.165) is 33.2 Å². The van der Waals surface area contributed by atoms with E-state index in [-0.39, 0.29) is 35.6 Å². The second kappa shape index (κ2) is 13.3. The largest absolute Gasteiger partial charge is 2.00 e. The zero-order chi connectivity index (χ0) is 21.0. The smallest absolute Gasteiger partial charge is 0.344 e. The first-order valence-corrected chi connectivity index (χ1v) is 10.1. The first-order chi connectivity index (χ1) is 13.9. The molecule has 4 rings (SSSR count). The molecule has 0 atom stereocenters. The van der Waals surface area contributed by atoms with Crippen LogP contribution in [0.2, 0.25) is 0 Å². The molecule has 0 unspecified atom stereocenters. The monoisotopic (exact) mass is 489 g/mol. The number of hydrogen-bond acceptors (Lipinski definition) is 3. The van der Waals surface area contributed by atoms with Crippen LogP contribution in [0, 0.1) is 19.1 Å². The van der Waals surface area contributed by atoms with Crippen molar-refractivity contribution in [3.63, 3.8) is 0 Å². The second-order valence-corrected chi connectivity index (χ2v) is 7.92. The van der Waals surface area contributed by atoms with Crippen molar-refractivity contribution in [1.82, 2.24) is 16.1 Å². The number of fused-ring (bicyclic) bond motifs is 3. The van der Waals surface area contributed by atoms with E-state index in [2.05, 4.69) is 101 Å². The maximum absolute atomic E-state index is 4.77. The summed E-state index contributed by atoms with van der Waals surface area (Å²) in [5.74, 6) is 1.01. The zero-order valence-electron chi connectivity index (χ0n) is 19.4. The quantitative estimate of drug-likeness (QED) is 0.182. The number of aromatic nitrogens is 2. The fourth-order valence-corrected chi connectivity index (χ4v) is 3.15. The molecule has 0 saturated carbocycles. The van der Waals surface area contributed by atoms with E-state index in [9.17, 15) is 0 Å². The van der Waals surface area contributed by atoms with Gasteiger partial charge < -0.3 is 6.15 Å². The Bertz CT molecular complexity index is 1160. The molecule has 3 N–H and O–H groups in total. The molecule has 170 valence electrons. The van der Waals surface area contributed by atoms with Crippen LogP contribution in [-0.4, -0.2) is 9.97 Å². The predicted molar refractivity (Wildman–Crippen MR) is 135 cm³/mol. The summed E-state index contributed by atoms with van der Waals surface area (Å²) in [5, 5.41) is 2.21. The van der Waals surface area contributed by atoms with Crippen LogP contribution in [0.15, 0.2) is 61.2 Å². The number of pyridine rings is 2. The fourth-order valence-electron chi connectivity index (χ4n) is 3.15. The molecule has 0 aliphatic heterocycles. The molecule has 0 aliphatic carbocycles. The number of benzene rings is 2. The summed E-state index contributed by atoms with van der Waals surface area (Å²) in [6.45, 7) is 14.4.